The first-order chi connectivity index (χ1) is 19.1. The van der Waals surface area contributed by atoms with Crippen LogP contribution in [0.5, 0.6) is 0 Å². The monoisotopic (exact) mass is 568 g/mol. The Morgan fingerprint density at radius 3 is 2.59 bits per heavy atom. The summed E-state index contributed by atoms with van der Waals surface area (Å²) in [6.07, 6.45) is 10.7. The third-order valence-electron chi connectivity index (χ3n) is 13.2. The summed E-state index contributed by atoms with van der Waals surface area (Å²) in [6.45, 7) is 20.4. The molecule has 232 valence electrons. The number of nitrogens with one attached hydrogen (secondary N) is 1. The summed E-state index contributed by atoms with van der Waals surface area (Å²) in [5.41, 5.74) is 3.51. The Kier molecular flexibility index (Phi) is 8.67. The number of amides is 1. The molecule has 0 aromatic rings. The molecule has 10 atom stereocenters. The summed E-state index contributed by atoms with van der Waals surface area (Å²) in [5, 5.41) is 14.7. The zero-order chi connectivity index (χ0) is 29.9. The Labute approximate surface area is 250 Å². The summed E-state index contributed by atoms with van der Waals surface area (Å²) >= 11 is 0. The fourth-order valence-corrected chi connectivity index (χ4v) is 10.6. The first-order valence-corrected chi connectivity index (χ1v) is 17.0. The van der Waals surface area contributed by atoms with Crippen LogP contribution >= 0.6 is 0 Å². The molecule has 2 N–H and O–H groups in total. The molecule has 0 spiro atoms. The number of hydrogen-bond donors (Lipinski definition) is 2. The van der Waals surface area contributed by atoms with Gasteiger partial charge in [0.2, 0.25) is 5.91 Å². The van der Waals surface area contributed by atoms with Gasteiger partial charge in [-0.1, -0.05) is 59.6 Å². The average molecular weight is 569 g/mol. The topological polar surface area (TPSA) is 69.6 Å². The van der Waals surface area contributed by atoms with Crippen LogP contribution in [0.15, 0.2) is 11.1 Å². The van der Waals surface area contributed by atoms with Gasteiger partial charge in [-0.15, -0.1) is 0 Å². The van der Waals surface area contributed by atoms with Crippen LogP contribution in [0.4, 0.5) is 0 Å². The molecule has 1 saturated heterocycles. The van der Waals surface area contributed by atoms with Gasteiger partial charge in [-0.3, -0.25) is 14.5 Å². The minimum absolute atomic E-state index is 0.0956. The van der Waals surface area contributed by atoms with Gasteiger partial charge in [-0.25, -0.2) is 0 Å². The van der Waals surface area contributed by atoms with Gasteiger partial charge >= 0.3 is 0 Å². The maximum Gasteiger partial charge on any atom is 0.225 e. The van der Waals surface area contributed by atoms with E-state index in [9.17, 15) is 14.7 Å². The fraction of sp³-hybridized carbons (Fsp3) is 0.889. The van der Waals surface area contributed by atoms with Crippen molar-refractivity contribution in [1.29, 1.82) is 0 Å². The number of hydrogen-bond acceptors (Lipinski definition) is 4. The maximum atomic E-state index is 12.5. The molecule has 4 aliphatic carbocycles. The Balaban J connectivity index is 1.32. The molecule has 1 aliphatic heterocycles. The van der Waals surface area contributed by atoms with Crippen molar-refractivity contribution in [3.63, 3.8) is 0 Å². The van der Waals surface area contributed by atoms with Crippen LogP contribution in [-0.2, 0) is 9.59 Å². The lowest BCUT2D eigenvalue weighted by Gasteiger charge is -2.52. The smallest absolute Gasteiger partial charge is 0.225 e. The van der Waals surface area contributed by atoms with Crippen LogP contribution in [0.25, 0.3) is 0 Å². The number of likely N-dealkylation sites (tertiary alicyclic amines) is 1. The summed E-state index contributed by atoms with van der Waals surface area (Å²) < 4.78 is 0. The van der Waals surface area contributed by atoms with Crippen molar-refractivity contribution in [2.45, 2.75) is 132 Å². The number of aliphatic hydroxyl groups is 1. The summed E-state index contributed by atoms with van der Waals surface area (Å²) in [7, 11) is 0. The first-order valence-electron chi connectivity index (χ1n) is 17.0. The number of nitrogens with zero attached hydrogens (tertiary/aromatic N) is 1. The number of rotatable bonds is 5. The molecule has 1 heterocycles. The normalized spacial score (nSPS) is 42.7. The largest absolute Gasteiger partial charge is 0.391 e. The third kappa shape index (κ3) is 5.85. The molecule has 4 fully saturated rings. The van der Waals surface area contributed by atoms with Crippen LogP contribution in [0.2, 0.25) is 0 Å². The molecule has 1 amide bonds. The standard InChI is InChI=1S/C36H60N2O3/c1-22-17-31(40)32(38(21-22)16-15-37-33(41)34(4,5)6)24(3)35(7)13-12-27-28-10-9-25-18-26(39)11-14-36(25,8)30(28)19-29(27)23(2)20-35/h22,24-25,27-28,30-32,40H,9-21H2,1-8H3,(H,37,41). The molecule has 0 radical (unpaired) electrons. The maximum absolute atomic E-state index is 12.5. The molecule has 3 saturated carbocycles. The molecular formula is C36H60N2O3. The Morgan fingerprint density at radius 1 is 1.15 bits per heavy atom. The number of piperidine rings is 1. The van der Waals surface area contributed by atoms with Gasteiger partial charge in [-0.2, -0.15) is 0 Å². The van der Waals surface area contributed by atoms with Crippen molar-refractivity contribution in [1.82, 2.24) is 10.2 Å². The Bertz CT molecular complexity index is 1040. The highest BCUT2D eigenvalue weighted by Crippen LogP contribution is 2.65. The molecule has 41 heavy (non-hydrogen) atoms. The second-order valence-electron chi connectivity index (χ2n) is 17.0. The minimum atomic E-state index is -0.387. The van der Waals surface area contributed by atoms with Gasteiger partial charge in [-0.05, 0) is 105 Å². The molecule has 5 aliphatic rings. The minimum Gasteiger partial charge on any atom is -0.391 e. The van der Waals surface area contributed by atoms with E-state index in [-0.39, 0.29) is 28.9 Å². The number of carbonyl (C=O) groups is 2. The van der Waals surface area contributed by atoms with Gasteiger partial charge < -0.3 is 10.4 Å². The van der Waals surface area contributed by atoms with E-state index < -0.39 is 0 Å². The van der Waals surface area contributed by atoms with Crippen molar-refractivity contribution < 1.29 is 14.7 Å². The molecule has 0 bridgehead atoms. The van der Waals surface area contributed by atoms with Crippen LogP contribution in [0, 0.1) is 51.8 Å². The lowest BCUT2D eigenvalue weighted by molar-refractivity contribution is -0.130. The number of fused-ring (bicyclic) bond motifs is 5. The molecule has 0 aromatic heterocycles. The quantitative estimate of drug-likeness (QED) is 0.359. The zero-order valence-electron chi connectivity index (χ0n) is 27.5. The lowest BCUT2D eigenvalue weighted by atomic mass is 9.52. The van der Waals surface area contributed by atoms with Crippen LogP contribution < -0.4 is 5.32 Å². The number of allylic oxidation sites excluding steroid dienone is 2. The predicted molar refractivity (Wildman–Crippen MR) is 166 cm³/mol. The lowest BCUT2D eigenvalue weighted by Crippen LogP contribution is -2.58. The number of Topliss-reactive ketones (excluding diaryl/α,β-unsaturated/α-hetero) is 1. The van der Waals surface area contributed by atoms with Gasteiger partial charge in [0.1, 0.15) is 5.78 Å². The molecule has 10 unspecified atom stereocenters. The number of carbonyl (C=O) groups excluding carboxylic acids is 2. The van der Waals surface area contributed by atoms with E-state index >= 15 is 0 Å². The van der Waals surface area contributed by atoms with Crippen LogP contribution in [0.1, 0.15) is 120 Å². The van der Waals surface area contributed by atoms with Crippen LogP contribution in [-0.4, -0.2) is 53.5 Å². The van der Waals surface area contributed by atoms with Crippen molar-refractivity contribution in [2.24, 2.45) is 51.8 Å². The van der Waals surface area contributed by atoms with E-state index in [1.165, 1.54) is 32.1 Å². The SMILES string of the molecule is CC1=C2CC3C(CCC4CC(=O)CCC43C)C2CCC(C)(C(C)C2C(O)CC(C)CN2CCNC(=O)C(C)(C)C)C1. The van der Waals surface area contributed by atoms with Gasteiger partial charge in [0, 0.05) is 43.9 Å². The Morgan fingerprint density at radius 2 is 1.88 bits per heavy atom. The third-order valence-corrected chi connectivity index (χ3v) is 13.2. The molecule has 5 nitrogen and oxygen atoms in total. The van der Waals surface area contributed by atoms with Crippen LogP contribution in [0.3, 0.4) is 0 Å². The van der Waals surface area contributed by atoms with Gasteiger partial charge in [0.15, 0.2) is 0 Å². The highest BCUT2D eigenvalue weighted by Gasteiger charge is 2.57. The highest BCUT2D eigenvalue weighted by atomic mass is 16.3. The second kappa shape index (κ2) is 11.4. The number of ketones is 1. The van der Waals surface area contributed by atoms with E-state index in [4.69, 9.17) is 0 Å². The van der Waals surface area contributed by atoms with E-state index in [1.807, 2.05) is 20.8 Å². The van der Waals surface area contributed by atoms with E-state index in [0.29, 0.717) is 41.4 Å². The summed E-state index contributed by atoms with van der Waals surface area (Å²) in [5.74, 6) is 4.29. The first kappa shape index (κ1) is 31.2. The summed E-state index contributed by atoms with van der Waals surface area (Å²) in [4.78, 5) is 27.3. The summed E-state index contributed by atoms with van der Waals surface area (Å²) in [6, 6.07) is 0.125. The van der Waals surface area contributed by atoms with Crippen molar-refractivity contribution >= 4 is 11.7 Å². The second-order valence-corrected chi connectivity index (χ2v) is 17.0. The average Bonchev–Trinajstić information content (AvgIpc) is 3.21. The predicted octanol–water partition coefficient (Wildman–Crippen LogP) is 6.78. The van der Waals surface area contributed by atoms with Crippen molar-refractivity contribution in [3.8, 4) is 0 Å². The van der Waals surface area contributed by atoms with Crippen molar-refractivity contribution in [3.05, 3.63) is 11.1 Å². The van der Waals surface area contributed by atoms with E-state index in [1.54, 1.807) is 11.1 Å². The number of aliphatic hydroxyl groups excluding tert-OH is 1. The molecular weight excluding hydrogens is 508 g/mol. The van der Waals surface area contributed by atoms with Gasteiger partial charge in [0.05, 0.1) is 6.10 Å². The van der Waals surface area contributed by atoms with E-state index in [0.717, 1.165) is 57.0 Å². The van der Waals surface area contributed by atoms with Gasteiger partial charge in [0.25, 0.3) is 0 Å². The zero-order valence-corrected chi connectivity index (χ0v) is 27.5. The highest BCUT2D eigenvalue weighted by molar-refractivity contribution is 5.81. The Hall–Kier alpha value is -1.20. The molecule has 5 rings (SSSR count). The fourth-order valence-electron chi connectivity index (χ4n) is 10.6. The van der Waals surface area contributed by atoms with E-state index in [2.05, 4.69) is 44.8 Å². The molecule has 0 aromatic carbocycles. The van der Waals surface area contributed by atoms with Crippen molar-refractivity contribution in [2.75, 3.05) is 19.6 Å². The molecule has 5 heteroatoms.